The molecular weight excluding hydrogens is 250 g/mol. The number of aromatic nitrogens is 1. The van der Waals surface area contributed by atoms with Crippen molar-refractivity contribution in [2.75, 3.05) is 19.6 Å². The van der Waals surface area contributed by atoms with Crippen molar-refractivity contribution in [1.82, 2.24) is 10.1 Å². The van der Waals surface area contributed by atoms with Crippen LogP contribution in [-0.4, -0.2) is 29.7 Å². The van der Waals surface area contributed by atoms with Crippen LogP contribution < -0.4 is 5.73 Å². The molecule has 106 valence electrons. The summed E-state index contributed by atoms with van der Waals surface area (Å²) in [5.74, 6) is 1.56. The summed E-state index contributed by atoms with van der Waals surface area (Å²) in [7, 11) is 0. The van der Waals surface area contributed by atoms with Gasteiger partial charge in [-0.3, -0.25) is 4.90 Å². The Labute approximate surface area is 119 Å². The number of aryl methyl sites for hydroxylation is 1. The lowest BCUT2D eigenvalue weighted by molar-refractivity contribution is 0.267. The van der Waals surface area contributed by atoms with Gasteiger partial charge in [-0.2, -0.15) is 0 Å². The lowest BCUT2D eigenvalue weighted by atomic mass is 10.1. The van der Waals surface area contributed by atoms with Crippen LogP contribution in [0.4, 0.5) is 0 Å². The predicted molar refractivity (Wildman–Crippen MR) is 79.1 cm³/mol. The van der Waals surface area contributed by atoms with Crippen molar-refractivity contribution in [1.29, 1.82) is 0 Å². The molecule has 1 atom stereocenters. The number of rotatable bonds is 4. The molecule has 2 heterocycles. The van der Waals surface area contributed by atoms with Crippen LogP contribution in [0, 0.1) is 12.8 Å². The Kier molecular flexibility index (Phi) is 3.85. The Morgan fingerprint density at radius 3 is 2.85 bits per heavy atom. The highest BCUT2D eigenvalue weighted by molar-refractivity contribution is 5.59. The molecule has 0 radical (unpaired) electrons. The zero-order valence-corrected chi connectivity index (χ0v) is 11.9. The van der Waals surface area contributed by atoms with E-state index in [-0.39, 0.29) is 0 Å². The second kappa shape index (κ2) is 5.77. The van der Waals surface area contributed by atoms with Crippen LogP contribution in [0.2, 0.25) is 0 Å². The molecule has 1 fully saturated rings. The molecule has 4 heteroatoms. The normalized spacial score (nSPS) is 19.6. The highest BCUT2D eigenvalue weighted by Crippen LogP contribution is 2.22. The molecule has 20 heavy (non-hydrogen) atoms. The summed E-state index contributed by atoms with van der Waals surface area (Å²) in [6, 6.07) is 10.4. The molecule has 0 spiro atoms. The Morgan fingerprint density at radius 2 is 2.15 bits per heavy atom. The van der Waals surface area contributed by atoms with Crippen molar-refractivity contribution < 1.29 is 4.52 Å². The number of hydrogen-bond acceptors (Lipinski definition) is 4. The van der Waals surface area contributed by atoms with Gasteiger partial charge in [-0.15, -0.1) is 0 Å². The molecular formula is C16H21N3O. The molecule has 3 rings (SSSR count). The average molecular weight is 271 g/mol. The monoisotopic (exact) mass is 271 g/mol. The van der Waals surface area contributed by atoms with Gasteiger partial charge >= 0.3 is 0 Å². The summed E-state index contributed by atoms with van der Waals surface area (Å²) in [4.78, 5) is 2.39. The zero-order chi connectivity index (χ0) is 13.9. The van der Waals surface area contributed by atoms with E-state index in [4.69, 9.17) is 10.3 Å². The Bertz CT molecular complexity index is 561. The fourth-order valence-corrected chi connectivity index (χ4v) is 2.72. The highest BCUT2D eigenvalue weighted by atomic mass is 16.5. The summed E-state index contributed by atoms with van der Waals surface area (Å²) in [5, 5.41) is 4.17. The molecule has 0 aliphatic carbocycles. The third-order valence-electron chi connectivity index (χ3n) is 3.99. The summed E-state index contributed by atoms with van der Waals surface area (Å²) >= 11 is 0. The Morgan fingerprint density at radius 1 is 1.35 bits per heavy atom. The number of likely N-dealkylation sites (tertiary alicyclic amines) is 1. The van der Waals surface area contributed by atoms with Gasteiger partial charge in [0.2, 0.25) is 0 Å². The summed E-state index contributed by atoms with van der Waals surface area (Å²) in [5.41, 5.74) is 8.99. The van der Waals surface area contributed by atoms with E-state index in [2.05, 4.69) is 41.2 Å². The van der Waals surface area contributed by atoms with Crippen LogP contribution in [0.25, 0.3) is 11.3 Å². The summed E-state index contributed by atoms with van der Waals surface area (Å²) in [6.07, 6.45) is 1.19. The van der Waals surface area contributed by atoms with Crippen molar-refractivity contribution in [3.8, 4) is 11.3 Å². The molecule has 1 unspecified atom stereocenters. The van der Waals surface area contributed by atoms with Gasteiger partial charge in [0, 0.05) is 18.2 Å². The van der Waals surface area contributed by atoms with Gasteiger partial charge in [-0.05, 0) is 32.4 Å². The van der Waals surface area contributed by atoms with Crippen molar-refractivity contribution >= 4 is 0 Å². The number of benzene rings is 1. The fraction of sp³-hybridized carbons (Fsp3) is 0.438. The number of hydrogen-bond donors (Lipinski definition) is 1. The minimum Gasteiger partial charge on any atom is -0.359 e. The van der Waals surface area contributed by atoms with Crippen LogP contribution in [0.5, 0.6) is 0 Å². The largest absolute Gasteiger partial charge is 0.359 e. The first-order valence-corrected chi connectivity index (χ1v) is 7.19. The molecule has 1 aliphatic rings. The third-order valence-corrected chi connectivity index (χ3v) is 3.99. The molecule has 1 saturated heterocycles. The molecule has 1 aromatic carbocycles. The van der Waals surface area contributed by atoms with E-state index in [1.54, 1.807) is 0 Å². The number of nitrogens with two attached hydrogens (primary N) is 1. The maximum Gasteiger partial charge on any atom is 0.151 e. The fourth-order valence-electron chi connectivity index (χ4n) is 2.72. The molecule has 4 nitrogen and oxygen atoms in total. The van der Waals surface area contributed by atoms with E-state index in [1.807, 2.05) is 6.07 Å². The zero-order valence-electron chi connectivity index (χ0n) is 11.9. The van der Waals surface area contributed by atoms with Crippen molar-refractivity contribution in [2.24, 2.45) is 11.7 Å². The maximum absolute atomic E-state index is 5.72. The summed E-state index contributed by atoms with van der Waals surface area (Å²) < 4.78 is 5.46. The Balaban J connectivity index is 1.66. The quantitative estimate of drug-likeness (QED) is 0.928. The first-order chi connectivity index (χ1) is 9.74. The van der Waals surface area contributed by atoms with E-state index in [0.717, 1.165) is 43.2 Å². The minimum absolute atomic E-state index is 0.634. The van der Waals surface area contributed by atoms with Crippen LogP contribution in [0.15, 0.2) is 34.9 Å². The maximum atomic E-state index is 5.72. The minimum atomic E-state index is 0.634. The van der Waals surface area contributed by atoms with Crippen molar-refractivity contribution in [3.05, 3.63) is 41.7 Å². The first kappa shape index (κ1) is 13.3. The molecule has 0 amide bonds. The molecule has 0 bridgehead atoms. The SMILES string of the molecule is Cc1ccc(-c2cc(CN3CCC(CN)C3)on2)cc1. The van der Waals surface area contributed by atoms with Gasteiger partial charge in [0.25, 0.3) is 0 Å². The van der Waals surface area contributed by atoms with Crippen molar-refractivity contribution in [3.63, 3.8) is 0 Å². The van der Waals surface area contributed by atoms with Crippen LogP contribution in [0.3, 0.4) is 0 Å². The van der Waals surface area contributed by atoms with Gasteiger partial charge < -0.3 is 10.3 Å². The van der Waals surface area contributed by atoms with Crippen LogP contribution >= 0.6 is 0 Å². The second-order valence-electron chi connectivity index (χ2n) is 5.67. The molecule has 0 saturated carbocycles. The Hall–Kier alpha value is -1.65. The van der Waals surface area contributed by atoms with E-state index in [0.29, 0.717) is 5.92 Å². The average Bonchev–Trinajstić information content (AvgIpc) is 3.09. The van der Waals surface area contributed by atoms with Gasteiger partial charge in [0.15, 0.2) is 5.76 Å². The standard InChI is InChI=1S/C16H21N3O/c1-12-2-4-14(5-3-12)16-8-15(20-18-16)11-19-7-6-13(9-17)10-19/h2-5,8,13H,6-7,9-11,17H2,1H3. The van der Waals surface area contributed by atoms with E-state index >= 15 is 0 Å². The molecule has 2 N–H and O–H groups in total. The summed E-state index contributed by atoms with van der Waals surface area (Å²) in [6.45, 7) is 5.86. The van der Waals surface area contributed by atoms with Gasteiger partial charge in [0.05, 0.1) is 6.54 Å². The highest BCUT2D eigenvalue weighted by Gasteiger charge is 2.22. The van der Waals surface area contributed by atoms with Crippen LogP contribution in [-0.2, 0) is 6.54 Å². The van der Waals surface area contributed by atoms with E-state index in [9.17, 15) is 0 Å². The van der Waals surface area contributed by atoms with E-state index in [1.165, 1.54) is 12.0 Å². The smallest absolute Gasteiger partial charge is 0.151 e. The molecule has 1 aromatic heterocycles. The molecule has 1 aliphatic heterocycles. The topological polar surface area (TPSA) is 55.3 Å². The second-order valence-corrected chi connectivity index (χ2v) is 5.67. The first-order valence-electron chi connectivity index (χ1n) is 7.19. The number of nitrogens with zero attached hydrogens (tertiary/aromatic N) is 2. The lowest BCUT2D eigenvalue weighted by Crippen LogP contribution is -2.22. The van der Waals surface area contributed by atoms with Crippen LogP contribution in [0.1, 0.15) is 17.7 Å². The van der Waals surface area contributed by atoms with Gasteiger partial charge in [-0.25, -0.2) is 0 Å². The van der Waals surface area contributed by atoms with E-state index < -0.39 is 0 Å². The van der Waals surface area contributed by atoms with Gasteiger partial charge in [-0.1, -0.05) is 35.0 Å². The predicted octanol–water partition coefficient (Wildman–Crippen LogP) is 2.43. The molecule has 2 aromatic rings. The van der Waals surface area contributed by atoms with Gasteiger partial charge in [0.1, 0.15) is 5.69 Å². The lowest BCUT2D eigenvalue weighted by Gasteiger charge is -2.12. The third kappa shape index (κ3) is 2.92. The van der Waals surface area contributed by atoms with Crippen molar-refractivity contribution in [2.45, 2.75) is 19.9 Å².